The molecule has 1 aromatic heterocycles. The van der Waals surface area contributed by atoms with E-state index in [0.717, 1.165) is 22.6 Å². The molecule has 1 heterocycles. The molecular weight excluding hydrogens is 254 g/mol. The summed E-state index contributed by atoms with van der Waals surface area (Å²) in [5, 5.41) is 9.08. The molecular formula is C15H19N3O2. The van der Waals surface area contributed by atoms with Crippen molar-refractivity contribution in [2.75, 3.05) is 6.54 Å². The molecule has 5 N–H and O–H groups in total. The summed E-state index contributed by atoms with van der Waals surface area (Å²) in [4.78, 5) is 11.1. The first-order valence-electron chi connectivity index (χ1n) is 6.44. The Labute approximate surface area is 117 Å². The number of nitrogens with two attached hydrogens (primary N) is 2. The topological polar surface area (TPSA) is 94.3 Å². The van der Waals surface area contributed by atoms with Crippen molar-refractivity contribution < 1.29 is 9.90 Å². The summed E-state index contributed by atoms with van der Waals surface area (Å²) in [6, 6.07) is 8.63. The highest BCUT2D eigenvalue weighted by molar-refractivity contribution is 5.88. The first-order chi connectivity index (χ1) is 9.45. The van der Waals surface area contributed by atoms with Gasteiger partial charge in [-0.05, 0) is 43.7 Å². The van der Waals surface area contributed by atoms with Crippen LogP contribution in [0.2, 0.25) is 0 Å². The summed E-state index contributed by atoms with van der Waals surface area (Å²) in [6.45, 7) is 4.30. The Kier molecular flexibility index (Phi) is 3.92. The van der Waals surface area contributed by atoms with Crippen molar-refractivity contribution in [3.63, 3.8) is 0 Å². The first-order valence-corrected chi connectivity index (χ1v) is 6.44. The number of carbonyl (C=O) groups is 1. The Bertz CT molecular complexity index is 647. The number of aromatic nitrogens is 1. The molecule has 0 saturated heterocycles. The number of nitrogens with zero attached hydrogens (tertiary/aromatic N) is 1. The van der Waals surface area contributed by atoms with Crippen LogP contribution in [0.4, 0.5) is 0 Å². The third-order valence-electron chi connectivity index (χ3n) is 3.47. The minimum atomic E-state index is -0.937. The Morgan fingerprint density at radius 1 is 1.35 bits per heavy atom. The highest BCUT2D eigenvalue weighted by atomic mass is 16.4. The minimum Gasteiger partial charge on any atom is -0.478 e. The van der Waals surface area contributed by atoms with Gasteiger partial charge in [0.2, 0.25) is 0 Å². The second kappa shape index (κ2) is 5.48. The fourth-order valence-electron chi connectivity index (χ4n) is 2.47. The van der Waals surface area contributed by atoms with Gasteiger partial charge in [0.1, 0.15) is 0 Å². The quantitative estimate of drug-likeness (QED) is 0.791. The molecule has 0 fully saturated rings. The van der Waals surface area contributed by atoms with Crippen molar-refractivity contribution in [2.45, 2.75) is 19.9 Å². The van der Waals surface area contributed by atoms with Crippen molar-refractivity contribution in [1.82, 2.24) is 4.57 Å². The van der Waals surface area contributed by atoms with Gasteiger partial charge in [-0.3, -0.25) is 0 Å². The van der Waals surface area contributed by atoms with E-state index in [0.29, 0.717) is 6.54 Å². The molecule has 1 unspecified atom stereocenters. The van der Waals surface area contributed by atoms with Gasteiger partial charge in [-0.2, -0.15) is 0 Å². The maximum Gasteiger partial charge on any atom is 0.335 e. The molecule has 1 atom stereocenters. The molecule has 0 aliphatic heterocycles. The summed E-state index contributed by atoms with van der Waals surface area (Å²) in [5.74, 6) is -0.937. The second-order valence-corrected chi connectivity index (χ2v) is 4.86. The molecule has 2 aromatic rings. The van der Waals surface area contributed by atoms with Gasteiger partial charge in [-0.1, -0.05) is 6.07 Å². The van der Waals surface area contributed by atoms with Crippen LogP contribution in [0, 0.1) is 13.8 Å². The molecule has 0 aliphatic rings. The maximum absolute atomic E-state index is 11.1. The van der Waals surface area contributed by atoms with Crippen LogP contribution in [0.3, 0.4) is 0 Å². The van der Waals surface area contributed by atoms with Crippen molar-refractivity contribution in [3.8, 4) is 5.69 Å². The Morgan fingerprint density at radius 2 is 2.05 bits per heavy atom. The first kappa shape index (κ1) is 14.3. The predicted molar refractivity (Wildman–Crippen MR) is 78.2 cm³/mol. The molecule has 0 radical (unpaired) electrons. The van der Waals surface area contributed by atoms with Crippen LogP contribution in [0.1, 0.15) is 33.4 Å². The third kappa shape index (κ3) is 2.45. The van der Waals surface area contributed by atoms with Crippen molar-refractivity contribution in [1.29, 1.82) is 0 Å². The lowest BCUT2D eigenvalue weighted by molar-refractivity contribution is 0.0697. The number of carboxylic acid groups (broad SMARTS) is 1. The van der Waals surface area contributed by atoms with Crippen LogP contribution in [-0.2, 0) is 0 Å². The lowest BCUT2D eigenvalue weighted by Crippen LogP contribution is -2.21. The number of hydrogen-bond acceptors (Lipinski definition) is 3. The fraction of sp³-hybridized carbons (Fsp3) is 0.267. The van der Waals surface area contributed by atoms with Gasteiger partial charge in [0.15, 0.2) is 0 Å². The van der Waals surface area contributed by atoms with Crippen molar-refractivity contribution in [3.05, 3.63) is 52.8 Å². The van der Waals surface area contributed by atoms with E-state index < -0.39 is 5.97 Å². The molecule has 0 saturated carbocycles. The van der Waals surface area contributed by atoms with Gasteiger partial charge >= 0.3 is 5.97 Å². The predicted octanol–water partition coefficient (Wildman–Crippen LogP) is 1.75. The van der Waals surface area contributed by atoms with E-state index in [1.807, 2.05) is 30.5 Å². The number of benzene rings is 1. The lowest BCUT2D eigenvalue weighted by atomic mass is 10.1. The fourth-order valence-corrected chi connectivity index (χ4v) is 2.47. The molecule has 5 nitrogen and oxygen atoms in total. The Morgan fingerprint density at radius 3 is 2.65 bits per heavy atom. The molecule has 0 aliphatic carbocycles. The van der Waals surface area contributed by atoms with E-state index in [-0.39, 0.29) is 11.6 Å². The summed E-state index contributed by atoms with van der Waals surface area (Å²) in [6.07, 6.45) is 0. The summed E-state index contributed by atoms with van der Waals surface area (Å²) < 4.78 is 2.00. The van der Waals surface area contributed by atoms with Crippen LogP contribution in [0.15, 0.2) is 30.3 Å². The van der Waals surface area contributed by atoms with Crippen LogP contribution in [0.25, 0.3) is 5.69 Å². The summed E-state index contributed by atoms with van der Waals surface area (Å²) >= 11 is 0. The van der Waals surface area contributed by atoms with Gasteiger partial charge in [0, 0.05) is 29.7 Å². The van der Waals surface area contributed by atoms with E-state index >= 15 is 0 Å². The van der Waals surface area contributed by atoms with E-state index in [1.54, 1.807) is 18.2 Å². The highest BCUT2D eigenvalue weighted by Gasteiger charge is 2.15. The number of rotatable bonds is 4. The largest absolute Gasteiger partial charge is 0.478 e. The zero-order valence-corrected chi connectivity index (χ0v) is 11.6. The average Bonchev–Trinajstić information content (AvgIpc) is 2.73. The van der Waals surface area contributed by atoms with Crippen LogP contribution in [0.5, 0.6) is 0 Å². The molecule has 5 heteroatoms. The lowest BCUT2D eigenvalue weighted by Gasteiger charge is -2.12. The van der Waals surface area contributed by atoms with Gasteiger partial charge in [0.05, 0.1) is 5.56 Å². The van der Waals surface area contributed by atoms with Crippen LogP contribution < -0.4 is 11.5 Å². The van der Waals surface area contributed by atoms with Crippen LogP contribution in [-0.4, -0.2) is 22.2 Å². The number of aryl methyl sites for hydroxylation is 1. The van der Waals surface area contributed by atoms with Crippen molar-refractivity contribution >= 4 is 5.97 Å². The Hall–Kier alpha value is -2.11. The zero-order valence-electron chi connectivity index (χ0n) is 11.6. The van der Waals surface area contributed by atoms with Gasteiger partial charge in [-0.15, -0.1) is 0 Å². The highest BCUT2D eigenvalue weighted by Crippen LogP contribution is 2.24. The van der Waals surface area contributed by atoms with Gasteiger partial charge in [0.25, 0.3) is 0 Å². The number of aromatic carboxylic acids is 1. The summed E-state index contributed by atoms with van der Waals surface area (Å²) in [7, 11) is 0. The van der Waals surface area contributed by atoms with Crippen molar-refractivity contribution in [2.24, 2.45) is 11.5 Å². The molecule has 0 bridgehead atoms. The minimum absolute atomic E-state index is 0.211. The second-order valence-electron chi connectivity index (χ2n) is 4.86. The number of carboxylic acids is 1. The molecule has 0 amide bonds. The van der Waals surface area contributed by atoms with E-state index in [9.17, 15) is 4.79 Å². The van der Waals surface area contributed by atoms with E-state index in [4.69, 9.17) is 16.6 Å². The van der Waals surface area contributed by atoms with Gasteiger partial charge < -0.3 is 21.1 Å². The van der Waals surface area contributed by atoms with Crippen LogP contribution >= 0.6 is 0 Å². The van der Waals surface area contributed by atoms with E-state index in [1.165, 1.54) is 0 Å². The molecule has 106 valence electrons. The SMILES string of the molecule is Cc1cc(C(N)CN)c(C)n1-c1cccc(C(=O)O)c1. The number of hydrogen-bond donors (Lipinski definition) is 3. The molecule has 0 spiro atoms. The average molecular weight is 273 g/mol. The molecule has 20 heavy (non-hydrogen) atoms. The molecule has 2 rings (SSSR count). The third-order valence-corrected chi connectivity index (χ3v) is 3.47. The maximum atomic E-state index is 11.1. The van der Waals surface area contributed by atoms with E-state index in [2.05, 4.69) is 0 Å². The van der Waals surface area contributed by atoms with Gasteiger partial charge in [-0.25, -0.2) is 4.79 Å². The smallest absolute Gasteiger partial charge is 0.335 e. The molecule has 1 aromatic carbocycles. The monoisotopic (exact) mass is 273 g/mol. The zero-order chi connectivity index (χ0) is 14.9. The Balaban J connectivity index is 2.56. The normalized spacial score (nSPS) is 12.4. The summed E-state index contributed by atoms with van der Waals surface area (Å²) in [5.41, 5.74) is 15.7. The standard InChI is InChI=1S/C15H19N3O2/c1-9-6-13(14(17)8-16)10(2)18(9)12-5-3-4-11(7-12)15(19)20/h3-7,14H,8,16-17H2,1-2H3,(H,19,20).